The number of halogens is 3. The SMILES string of the molecule is O=C(O)C(c1ccccc1)(c1cccnn1)C(F)(F)F. The number of benzene rings is 1. The number of alkyl halides is 3. The van der Waals surface area contributed by atoms with Crippen LogP contribution in [0.4, 0.5) is 13.2 Å². The first-order valence-corrected chi connectivity index (χ1v) is 5.54. The average Bonchev–Trinajstić information content (AvgIpc) is 2.40. The van der Waals surface area contributed by atoms with Crippen LogP contribution in [0, 0.1) is 0 Å². The summed E-state index contributed by atoms with van der Waals surface area (Å²) in [5.41, 5.74) is -4.32. The van der Waals surface area contributed by atoms with Crippen LogP contribution in [0.25, 0.3) is 0 Å². The second kappa shape index (κ2) is 4.92. The van der Waals surface area contributed by atoms with Crippen LogP contribution in [0.1, 0.15) is 11.3 Å². The van der Waals surface area contributed by atoms with E-state index in [-0.39, 0.29) is 0 Å². The summed E-state index contributed by atoms with van der Waals surface area (Å²) in [6, 6.07) is 8.62. The third kappa shape index (κ3) is 2.01. The van der Waals surface area contributed by atoms with Crippen molar-refractivity contribution in [1.82, 2.24) is 10.2 Å². The maximum Gasteiger partial charge on any atom is 0.414 e. The Labute approximate surface area is 111 Å². The predicted molar refractivity (Wildman–Crippen MR) is 62.9 cm³/mol. The van der Waals surface area contributed by atoms with Crippen LogP contribution in [-0.4, -0.2) is 27.4 Å². The molecule has 0 saturated carbocycles. The van der Waals surface area contributed by atoms with E-state index < -0.39 is 28.8 Å². The number of rotatable bonds is 3. The molecule has 1 N–H and O–H groups in total. The van der Waals surface area contributed by atoms with E-state index in [9.17, 15) is 23.1 Å². The zero-order valence-electron chi connectivity index (χ0n) is 10.0. The van der Waals surface area contributed by atoms with Crippen LogP contribution in [0.3, 0.4) is 0 Å². The Morgan fingerprint density at radius 3 is 2.15 bits per heavy atom. The predicted octanol–water partition coefficient (Wildman–Crippen LogP) is 2.41. The smallest absolute Gasteiger partial charge is 0.414 e. The summed E-state index contributed by atoms with van der Waals surface area (Å²) in [5.74, 6) is -2.04. The summed E-state index contributed by atoms with van der Waals surface area (Å²) in [5, 5.41) is 16.0. The van der Waals surface area contributed by atoms with Crippen molar-refractivity contribution in [2.75, 3.05) is 0 Å². The van der Waals surface area contributed by atoms with Crippen molar-refractivity contribution in [3.8, 4) is 0 Å². The molecule has 4 nitrogen and oxygen atoms in total. The molecule has 104 valence electrons. The summed E-state index contributed by atoms with van der Waals surface area (Å²) >= 11 is 0. The lowest BCUT2D eigenvalue weighted by Crippen LogP contribution is -2.50. The third-order valence-electron chi connectivity index (χ3n) is 2.91. The van der Waals surface area contributed by atoms with Gasteiger partial charge in [0.05, 0.1) is 5.69 Å². The van der Waals surface area contributed by atoms with Gasteiger partial charge in [-0.3, -0.25) is 4.79 Å². The third-order valence-corrected chi connectivity index (χ3v) is 2.91. The summed E-state index contributed by atoms with van der Waals surface area (Å²) in [6.07, 6.45) is -3.88. The van der Waals surface area contributed by atoms with Gasteiger partial charge in [-0.25, -0.2) is 0 Å². The van der Waals surface area contributed by atoms with Crippen molar-refractivity contribution in [1.29, 1.82) is 0 Å². The molecule has 0 spiro atoms. The fourth-order valence-corrected chi connectivity index (χ4v) is 2.00. The first-order valence-electron chi connectivity index (χ1n) is 5.54. The minimum absolute atomic E-state index is 0.416. The van der Waals surface area contributed by atoms with Crippen molar-refractivity contribution in [3.05, 3.63) is 59.9 Å². The summed E-state index contributed by atoms with van der Waals surface area (Å²) in [4.78, 5) is 11.5. The van der Waals surface area contributed by atoms with Crippen molar-refractivity contribution < 1.29 is 23.1 Å². The molecule has 1 aromatic heterocycles. The van der Waals surface area contributed by atoms with Gasteiger partial charge >= 0.3 is 12.1 Å². The number of carboxylic acid groups (broad SMARTS) is 1. The molecule has 0 aliphatic rings. The lowest BCUT2D eigenvalue weighted by Gasteiger charge is -2.31. The molecular weight excluding hydrogens is 273 g/mol. The van der Waals surface area contributed by atoms with Crippen molar-refractivity contribution in [3.63, 3.8) is 0 Å². The molecule has 2 aromatic rings. The highest BCUT2D eigenvalue weighted by atomic mass is 19.4. The highest BCUT2D eigenvalue weighted by Gasteiger charge is 2.64. The van der Waals surface area contributed by atoms with Crippen LogP contribution in [0.15, 0.2) is 48.7 Å². The second-order valence-corrected chi connectivity index (χ2v) is 4.03. The summed E-state index contributed by atoms with van der Waals surface area (Å²) in [6.45, 7) is 0. The van der Waals surface area contributed by atoms with E-state index in [0.717, 1.165) is 18.2 Å². The Balaban J connectivity index is 2.81. The van der Waals surface area contributed by atoms with Crippen LogP contribution < -0.4 is 0 Å². The summed E-state index contributed by atoms with van der Waals surface area (Å²) in [7, 11) is 0. The fourth-order valence-electron chi connectivity index (χ4n) is 2.00. The maximum absolute atomic E-state index is 13.5. The van der Waals surface area contributed by atoms with E-state index in [1.807, 2.05) is 0 Å². The van der Waals surface area contributed by atoms with Gasteiger partial charge in [0.1, 0.15) is 0 Å². The highest BCUT2D eigenvalue weighted by molar-refractivity contribution is 5.86. The number of nitrogens with zero attached hydrogens (tertiary/aromatic N) is 2. The molecule has 0 bridgehead atoms. The Kier molecular flexibility index (Phi) is 3.44. The fraction of sp³-hybridized carbons (Fsp3) is 0.154. The van der Waals surface area contributed by atoms with E-state index >= 15 is 0 Å². The number of hydrogen-bond donors (Lipinski definition) is 1. The quantitative estimate of drug-likeness (QED) is 0.939. The molecule has 1 heterocycles. The zero-order valence-corrected chi connectivity index (χ0v) is 10.0. The lowest BCUT2D eigenvalue weighted by molar-refractivity contribution is -0.197. The Morgan fingerprint density at radius 1 is 1.05 bits per heavy atom. The first kappa shape index (κ1) is 14.0. The highest BCUT2D eigenvalue weighted by Crippen LogP contribution is 2.45. The standard InChI is InChI=1S/C13H9F3N2O2/c14-13(15,16)12(11(19)20,9-5-2-1-3-6-9)10-7-4-8-17-18-10/h1-8H,(H,19,20). The molecule has 0 aliphatic heterocycles. The van der Waals surface area contributed by atoms with Gasteiger partial charge in [0, 0.05) is 6.20 Å². The molecule has 20 heavy (non-hydrogen) atoms. The van der Waals surface area contributed by atoms with E-state index in [0.29, 0.717) is 0 Å². The van der Waals surface area contributed by atoms with E-state index in [1.54, 1.807) is 0 Å². The molecule has 1 aromatic carbocycles. The molecule has 7 heteroatoms. The van der Waals surface area contributed by atoms with Gasteiger partial charge in [0.15, 0.2) is 0 Å². The van der Waals surface area contributed by atoms with E-state index in [1.165, 1.54) is 30.5 Å². The van der Waals surface area contributed by atoms with Crippen LogP contribution in [-0.2, 0) is 10.2 Å². The molecule has 0 fully saturated rings. The van der Waals surface area contributed by atoms with Crippen molar-refractivity contribution >= 4 is 5.97 Å². The molecule has 0 amide bonds. The average molecular weight is 282 g/mol. The topological polar surface area (TPSA) is 63.1 Å². The number of hydrogen-bond acceptors (Lipinski definition) is 3. The monoisotopic (exact) mass is 282 g/mol. The Morgan fingerprint density at radius 2 is 1.70 bits per heavy atom. The van der Waals surface area contributed by atoms with Gasteiger partial charge in [-0.1, -0.05) is 30.3 Å². The van der Waals surface area contributed by atoms with Gasteiger partial charge in [0.2, 0.25) is 5.41 Å². The molecule has 1 atom stereocenters. The van der Waals surface area contributed by atoms with E-state index in [4.69, 9.17) is 0 Å². The molecule has 2 rings (SSSR count). The maximum atomic E-state index is 13.5. The van der Waals surface area contributed by atoms with Crippen LogP contribution in [0.5, 0.6) is 0 Å². The van der Waals surface area contributed by atoms with Gasteiger partial charge in [-0.2, -0.15) is 23.4 Å². The largest absolute Gasteiger partial charge is 0.480 e. The number of carboxylic acids is 1. The lowest BCUT2D eigenvalue weighted by atomic mass is 9.76. The second-order valence-electron chi connectivity index (χ2n) is 4.03. The van der Waals surface area contributed by atoms with Crippen molar-refractivity contribution in [2.45, 2.75) is 11.6 Å². The van der Waals surface area contributed by atoms with E-state index in [2.05, 4.69) is 10.2 Å². The van der Waals surface area contributed by atoms with Crippen molar-refractivity contribution in [2.24, 2.45) is 0 Å². The Bertz CT molecular complexity index is 561. The van der Waals surface area contributed by atoms with Gasteiger partial charge < -0.3 is 5.11 Å². The van der Waals surface area contributed by atoms with Gasteiger partial charge in [-0.15, -0.1) is 0 Å². The first-order chi connectivity index (χ1) is 9.40. The van der Waals surface area contributed by atoms with Gasteiger partial charge in [-0.05, 0) is 17.7 Å². The summed E-state index contributed by atoms with van der Waals surface area (Å²) < 4.78 is 40.6. The minimum Gasteiger partial charge on any atom is -0.480 e. The molecule has 1 unspecified atom stereocenters. The Hall–Kier alpha value is -2.44. The molecule has 0 radical (unpaired) electrons. The molecule has 0 saturated heterocycles. The molecular formula is C13H9F3N2O2. The normalized spacial score (nSPS) is 14.6. The zero-order chi connectivity index (χ0) is 14.8. The molecule has 0 aliphatic carbocycles. The number of aliphatic carboxylic acids is 1. The van der Waals surface area contributed by atoms with Gasteiger partial charge in [0.25, 0.3) is 0 Å². The number of carbonyl (C=O) groups is 1. The number of aromatic nitrogens is 2. The minimum atomic E-state index is -5.06. The van der Waals surface area contributed by atoms with Crippen LogP contribution in [0.2, 0.25) is 0 Å². The van der Waals surface area contributed by atoms with Crippen LogP contribution >= 0.6 is 0 Å².